The number of allylic oxidation sites excluding steroid dienone is 1. The van der Waals surface area contributed by atoms with Crippen molar-refractivity contribution < 1.29 is 28.5 Å². The van der Waals surface area contributed by atoms with Crippen molar-refractivity contribution in [3.05, 3.63) is 114 Å². The lowest BCUT2D eigenvalue weighted by Gasteiger charge is -2.24. The Kier molecular flexibility index (Phi) is 8.02. The summed E-state index contributed by atoms with van der Waals surface area (Å²) in [6, 6.07) is 20.1. The second-order valence-corrected chi connectivity index (χ2v) is 10.8. The van der Waals surface area contributed by atoms with Crippen molar-refractivity contribution in [1.82, 2.24) is 4.57 Å². The first-order valence-corrected chi connectivity index (χ1v) is 14.8. The van der Waals surface area contributed by atoms with Crippen LogP contribution in [0.2, 0.25) is 0 Å². The average Bonchev–Trinajstić information content (AvgIpc) is 3.60. The molecule has 0 N–H and O–H groups in total. The SMILES string of the molecule is CCOC(=O)C1=C(C)N=c2s/c(=C/c3ccc(OCc4ccccc4)c(OCC)c3)c(=O)n2C1c1ccc2c(c1)OCO2. The summed E-state index contributed by atoms with van der Waals surface area (Å²) in [7, 11) is 0. The predicted molar refractivity (Wildman–Crippen MR) is 161 cm³/mol. The summed E-state index contributed by atoms with van der Waals surface area (Å²) in [6.07, 6.45) is 1.80. The zero-order valence-corrected chi connectivity index (χ0v) is 24.8. The lowest BCUT2D eigenvalue weighted by molar-refractivity contribution is -0.139. The monoisotopic (exact) mass is 598 g/mol. The van der Waals surface area contributed by atoms with Crippen LogP contribution in [-0.4, -0.2) is 30.5 Å². The van der Waals surface area contributed by atoms with Gasteiger partial charge in [-0.2, -0.15) is 0 Å². The van der Waals surface area contributed by atoms with Crippen LogP contribution in [0.15, 0.2) is 87.8 Å². The van der Waals surface area contributed by atoms with Gasteiger partial charge < -0.3 is 23.7 Å². The number of nitrogens with zero attached hydrogens (tertiary/aromatic N) is 2. The van der Waals surface area contributed by atoms with Crippen LogP contribution in [-0.2, 0) is 16.1 Å². The molecule has 220 valence electrons. The zero-order chi connectivity index (χ0) is 29.9. The molecule has 0 saturated carbocycles. The third-order valence-corrected chi connectivity index (χ3v) is 8.01. The van der Waals surface area contributed by atoms with Crippen LogP contribution in [0.4, 0.5) is 0 Å². The minimum Gasteiger partial charge on any atom is -0.490 e. The molecule has 43 heavy (non-hydrogen) atoms. The molecule has 0 aliphatic carbocycles. The fourth-order valence-electron chi connectivity index (χ4n) is 5.08. The fraction of sp³-hybridized carbons (Fsp3) is 0.242. The first kappa shape index (κ1) is 28.3. The second-order valence-electron chi connectivity index (χ2n) is 9.83. The lowest BCUT2D eigenvalue weighted by Crippen LogP contribution is -2.39. The molecule has 4 aromatic rings. The molecule has 0 amide bonds. The van der Waals surface area contributed by atoms with Crippen LogP contribution in [0.5, 0.6) is 23.0 Å². The molecule has 0 fully saturated rings. The van der Waals surface area contributed by atoms with Crippen molar-refractivity contribution >= 4 is 23.4 Å². The number of thiazole rings is 1. The number of esters is 1. The number of hydrogen-bond donors (Lipinski definition) is 0. The average molecular weight is 599 g/mol. The Balaban J connectivity index is 1.41. The van der Waals surface area contributed by atoms with Crippen LogP contribution < -0.4 is 33.8 Å². The Morgan fingerprint density at radius 1 is 1.00 bits per heavy atom. The maximum absolute atomic E-state index is 14.0. The van der Waals surface area contributed by atoms with Crippen LogP contribution in [0.1, 0.15) is 43.5 Å². The molecule has 3 aromatic carbocycles. The van der Waals surface area contributed by atoms with E-state index in [0.717, 1.165) is 11.1 Å². The molecule has 1 atom stereocenters. The van der Waals surface area contributed by atoms with Crippen LogP contribution >= 0.6 is 11.3 Å². The van der Waals surface area contributed by atoms with E-state index in [1.54, 1.807) is 36.6 Å². The van der Waals surface area contributed by atoms with Gasteiger partial charge in [0.1, 0.15) is 6.61 Å². The molecule has 9 nitrogen and oxygen atoms in total. The van der Waals surface area contributed by atoms with E-state index >= 15 is 0 Å². The summed E-state index contributed by atoms with van der Waals surface area (Å²) in [4.78, 5) is 32.3. The van der Waals surface area contributed by atoms with Gasteiger partial charge in [0, 0.05) is 0 Å². The van der Waals surface area contributed by atoms with Gasteiger partial charge in [0.05, 0.1) is 35.1 Å². The minimum absolute atomic E-state index is 0.112. The number of fused-ring (bicyclic) bond motifs is 2. The van der Waals surface area contributed by atoms with Crippen molar-refractivity contribution in [1.29, 1.82) is 0 Å². The Labute approximate surface area is 251 Å². The molecule has 0 saturated heterocycles. The topological polar surface area (TPSA) is 97.6 Å². The normalized spacial score (nSPS) is 15.6. The summed E-state index contributed by atoms with van der Waals surface area (Å²) in [5.74, 6) is 1.83. The van der Waals surface area contributed by atoms with E-state index in [0.29, 0.717) is 62.4 Å². The molecule has 0 radical (unpaired) electrons. The molecule has 0 spiro atoms. The molecular weight excluding hydrogens is 568 g/mol. The van der Waals surface area contributed by atoms with Crippen molar-refractivity contribution in [2.45, 2.75) is 33.4 Å². The molecule has 6 rings (SSSR count). The van der Waals surface area contributed by atoms with E-state index in [9.17, 15) is 9.59 Å². The molecule has 10 heteroatoms. The molecule has 1 aromatic heterocycles. The van der Waals surface area contributed by atoms with E-state index in [-0.39, 0.29) is 19.0 Å². The number of rotatable bonds is 9. The van der Waals surface area contributed by atoms with Gasteiger partial charge in [-0.1, -0.05) is 53.8 Å². The van der Waals surface area contributed by atoms with E-state index in [2.05, 4.69) is 4.99 Å². The van der Waals surface area contributed by atoms with Gasteiger partial charge in [-0.3, -0.25) is 9.36 Å². The van der Waals surface area contributed by atoms with E-state index in [4.69, 9.17) is 23.7 Å². The lowest BCUT2D eigenvalue weighted by atomic mass is 9.95. The van der Waals surface area contributed by atoms with Gasteiger partial charge in [-0.05, 0) is 67.8 Å². The van der Waals surface area contributed by atoms with E-state index in [1.165, 1.54) is 11.3 Å². The summed E-state index contributed by atoms with van der Waals surface area (Å²) in [5, 5.41) is 0. The summed E-state index contributed by atoms with van der Waals surface area (Å²) >= 11 is 1.26. The zero-order valence-electron chi connectivity index (χ0n) is 24.0. The number of carbonyl (C=O) groups is 1. The third kappa shape index (κ3) is 5.65. The minimum atomic E-state index is -0.750. The van der Waals surface area contributed by atoms with Crippen molar-refractivity contribution in [3.63, 3.8) is 0 Å². The van der Waals surface area contributed by atoms with Crippen molar-refractivity contribution in [2.24, 2.45) is 4.99 Å². The largest absolute Gasteiger partial charge is 0.490 e. The van der Waals surface area contributed by atoms with Gasteiger partial charge in [-0.25, -0.2) is 9.79 Å². The van der Waals surface area contributed by atoms with Crippen LogP contribution in [0.25, 0.3) is 6.08 Å². The maximum atomic E-state index is 14.0. The molecule has 2 aliphatic heterocycles. The van der Waals surface area contributed by atoms with Gasteiger partial charge in [0.2, 0.25) is 6.79 Å². The summed E-state index contributed by atoms with van der Waals surface area (Å²) in [6.45, 7) is 6.58. The molecule has 2 aliphatic rings. The van der Waals surface area contributed by atoms with Crippen LogP contribution in [0.3, 0.4) is 0 Å². The quantitative estimate of drug-likeness (QED) is 0.262. The Hall–Kier alpha value is -4.83. The van der Waals surface area contributed by atoms with Gasteiger partial charge >= 0.3 is 5.97 Å². The van der Waals surface area contributed by atoms with E-state index in [1.807, 2.05) is 61.5 Å². The number of carbonyl (C=O) groups excluding carboxylic acids is 1. The van der Waals surface area contributed by atoms with Crippen molar-refractivity contribution in [2.75, 3.05) is 20.0 Å². The van der Waals surface area contributed by atoms with Crippen LogP contribution in [0, 0.1) is 0 Å². The maximum Gasteiger partial charge on any atom is 0.338 e. The first-order valence-electron chi connectivity index (χ1n) is 14.0. The number of ether oxygens (including phenoxy) is 5. The number of hydrogen-bond acceptors (Lipinski definition) is 9. The molecule has 3 heterocycles. The van der Waals surface area contributed by atoms with Gasteiger partial charge in [-0.15, -0.1) is 0 Å². The Morgan fingerprint density at radius 3 is 2.60 bits per heavy atom. The fourth-order valence-corrected chi connectivity index (χ4v) is 6.13. The summed E-state index contributed by atoms with van der Waals surface area (Å²) < 4.78 is 30.4. The number of benzene rings is 3. The molecule has 0 bridgehead atoms. The van der Waals surface area contributed by atoms with Crippen molar-refractivity contribution in [3.8, 4) is 23.0 Å². The second kappa shape index (κ2) is 12.2. The highest BCUT2D eigenvalue weighted by atomic mass is 32.1. The molecular formula is C33H30N2O7S. The standard InChI is InChI=1S/C33H30N2O7S/c1-4-38-26-15-22(11-13-24(26)40-18-21-9-7-6-8-10-21)16-28-31(36)35-30(23-12-14-25-27(17-23)42-19-41-25)29(32(37)39-5-2)20(3)34-33(35)43-28/h6-17,30H,4-5,18-19H2,1-3H3/b28-16+. The summed E-state index contributed by atoms with van der Waals surface area (Å²) in [5.41, 5.74) is 3.02. The number of aromatic nitrogens is 1. The highest BCUT2D eigenvalue weighted by Gasteiger charge is 2.34. The first-order chi connectivity index (χ1) is 21.0. The highest BCUT2D eigenvalue weighted by Crippen LogP contribution is 2.38. The van der Waals surface area contributed by atoms with Gasteiger partial charge in [0.15, 0.2) is 27.8 Å². The smallest absolute Gasteiger partial charge is 0.338 e. The van der Waals surface area contributed by atoms with Gasteiger partial charge in [0.25, 0.3) is 5.56 Å². The molecule has 1 unspecified atom stereocenters. The predicted octanol–water partition coefficient (Wildman–Crippen LogP) is 4.50. The highest BCUT2D eigenvalue weighted by molar-refractivity contribution is 7.07. The third-order valence-electron chi connectivity index (χ3n) is 7.03. The Bertz CT molecular complexity index is 1890. The van der Waals surface area contributed by atoms with E-state index < -0.39 is 12.0 Å². The Morgan fingerprint density at radius 2 is 1.81 bits per heavy atom.